The average Bonchev–Trinajstić information content (AvgIpc) is 2.29. The Hall–Kier alpha value is 0.0900. The minimum atomic E-state index is 0.907. The van der Waals surface area contributed by atoms with Crippen LogP contribution >= 0.6 is 11.8 Å². The van der Waals surface area contributed by atoms with Crippen LogP contribution in [0.25, 0.3) is 0 Å². The second kappa shape index (κ2) is 1.32. The fourth-order valence-corrected chi connectivity index (χ4v) is 2.88. The van der Waals surface area contributed by atoms with Gasteiger partial charge in [0.2, 0.25) is 0 Å². The molecule has 0 saturated carbocycles. The van der Waals surface area contributed by atoms with Crippen LogP contribution in [0.3, 0.4) is 0 Å². The van der Waals surface area contributed by atoms with E-state index in [1.165, 1.54) is 6.42 Å². The molecule has 1 saturated heterocycles. The van der Waals surface area contributed by atoms with E-state index in [-0.39, 0.29) is 0 Å². The highest BCUT2D eigenvalue weighted by Crippen LogP contribution is 2.53. The van der Waals surface area contributed by atoms with Crippen LogP contribution in [-0.2, 0) is 0 Å². The van der Waals surface area contributed by atoms with E-state index in [4.69, 9.17) is 0 Å². The number of thioether (sulfide) groups is 1. The van der Waals surface area contributed by atoms with E-state index in [9.17, 15) is 0 Å². The summed E-state index contributed by atoms with van der Waals surface area (Å²) >= 11 is 2.13. The summed E-state index contributed by atoms with van der Waals surface area (Å²) in [6.07, 6.45) is 1.38. The summed E-state index contributed by atoms with van der Waals surface area (Å²) in [5.74, 6) is 0. The van der Waals surface area contributed by atoms with E-state index in [2.05, 4.69) is 25.6 Å². The Morgan fingerprint density at radius 1 is 1.62 bits per heavy atom. The smallest absolute Gasteiger partial charge is 0.0472 e. The number of hydrogen-bond donors (Lipinski definition) is 0. The van der Waals surface area contributed by atoms with Crippen LogP contribution < -0.4 is 0 Å². The van der Waals surface area contributed by atoms with Gasteiger partial charge < -0.3 is 0 Å². The lowest BCUT2D eigenvalue weighted by molar-refractivity contribution is 0.983. The quantitative estimate of drug-likeness (QED) is 0.448. The Kier molecular flexibility index (Phi) is 0.815. The molecule has 1 heterocycles. The lowest BCUT2D eigenvalue weighted by atomic mass is 10.3. The predicted molar refractivity (Wildman–Crippen MR) is 38.2 cm³/mol. The molecule has 0 radical (unpaired) electrons. The molecule has 2 unspecified atom stereocenters. The third-order valence-corrected chi connectivity index (χ3v) is 3.55. The summed E-state index contributed by atoms with van der Waals surface area (Å²) in [4.78, 5) is 0. The van der Waals surface area contributed by atoms with Gasteiger partial charge in [-0.05, 0) is 13.3 Å². The van der Waals surface area contributed by atoms with Crippen molar-refractivity contribution in [2.45, 2.75) is 30.8 Å². The van der Waals surface area contributed by atoms with Gasteiger partial charge in [-0.3, -0.25) is 0 Å². The van der Waals surface area contributed by atoms with Crippen LogP contribution in [0.15, 0.2) is 11.1 Å². The van der Waals surface area contributed by atoms with Crippen molar-refractivity contribution in [3.8, 4) is 0 Å². The maximum Gasteiger partial charge on any atom is 0.0472 e. The highest BCUT2D eigenvalue weighted by atomic mass is 32.2. The van der Waals surface area contributed by atoms with Gasteiger partial charge >= 0.3 is 0 Å². The van der Waals surface area contributed by atoms with Gasteiger partial charge in [0.05, 0.1) is 0 Å². The first kappa shape index (κ1) is 4.92. The first-order chi connectivity index (χ1) is 3.79. The van der Waals surface area contributed by atoms with Gasteiger partial charge in [-0.2, -0.15) is 0 Å². The molecule has 8 heavy (non-hydrogen) atoms. The lowest BCUT2D eigenvalue weighted by Crippen LogP contribution is -1.87. The van der Waals surface area contributed by atoms with Crippen LogP contribution in [-0.4, -0.2) is 10.5 Å². The highest BCUT2D eigenvalue weighted by molar-refractivity contribution is 8.01. The average molecular weight is 126 g/mol. The third-order valence-electron chi connectivity index (χ3n) is 2.01. The molecule has 1 aliphatic carbocycles. The fourth-order valence-electron chi connectivity index (χ4n) is 1.40. The molecule has 1 heteroatoms. The topological polar surface area (TPSA) is 0 Å². The van der Waals surface area contributed by atoms with Crippen molar-refractivity contribution in [2.24, 2.45) is 0 Å². The molecule has 0 bridgehead atoms. The van der Waals surface area contributed by atoms with E-state index >= 15 is 0 Å². The molecule has 0 amide bonds. The SMILES string of the molecule is CC1=C2CC(C)SC12. The maximum atomic E-state index is 2.32. The monoisotopic (exact) mass is 126 g/mol. The zero-order valence-corrected chi connectivity index (χ0v) is 6.09. The van der Waals surface area contributed by atoms with Crippen molar-refractivity contribution in [2.75, 3.05) is 0 Å². The van der Waals surface area contributed by atoms with Gasteiger partial charge in [0.25, 0.3) is 0 Å². The Bertz CT molecular complexity index is 158. The maximum absolute atomic E-state index is 2.32. The summed E-state index contributed by atoms with van der Waals surface area (Å²) < 4.78 is 0. The standard InChI is InChI=1S/C7H10S/c1-4-3-6-5(2)7(6)8-4/h4,7H,3H2,1-2H3. The van der Waals surface area contributed by atoms with Crippen molar-refractivity contribution >= 4 is 11.8 Å². The van der Waals surface area contributed by atoms with E-state index in [1.807, 2.05) is 0 Å². The van der Waals surface area contributed by atoms with Gasteiger partial charge in [0.1, 0.15) is 0 Å². The second-order valence-electron chi connectivity index (χ2n) is 2.74. The molecule has 44 valence electrons. The van der Waals surface area contributed by atoms with E-state index < -0.39 is 0 Å². The highest BCUT2D eigenvalue weighted by Gasteiger charge is 2.40. The van der Waals surface area contributed by atoms with Crippen molar-refractivity contribution < 1.29 is 0 Å². The van der Waals surface area contributed by atoms with Crippen molar-refractivity contribution in [3.05, 3.63) is 11.1 Å². The Balaban J connectivity index is 2.14. The largest absolute Gasteiger partial charge is 0.146 e. The minimum Gasteiger partial charge on any atom is -0.146 e. The van der Waals surface area contributed by atoms with E-state index in [1.54, 1.807) is 11.1 Å². The fraction of sp³-hybridized carbons (Fsp3) is 0.714. The number of hydrogen-bond acceptors (Lipinski definition) is 1. The van der Waals surface area contributed by atoms with Gasteiger partial charge in [-0.1, -0.05) is 18.1 Å². The van der Waals surface area contributed by atoms with Gasteiger partial charge in [0, 0.05) is 10.5 Å². The van der Waals surface area contributed by atoms with Crippen molar-refractivity contribution in [1.29, 1.82) is 0 Å². The Labute approximate surface area is 54.4 Å². The van der Waals surface area contributed by atoms with Crippen LogP contribution in [0.5, 0.6) is 0 Å². The molecule has 1 aliphatic heterocycles. The predicted octanol–water partition coefficient (Wildman–Crippen LogP) is 2.21. The first-order valence-corrected chi connectivity index (χ1v) is 4.08. The van der Waals surface area contributed by atoms with Crippen molar-refractivity contribution in [1.82, 2.24) is 0 Å². The molecule has 0 aromatic carbocycles. The third kappa shape index (κ3) is 0.482. The molecule has 0 aromatic heterocycles. The first-order valence-electron chi connectivity index (χ1n) is 3.14. The Morgan fingerprint density at radius 2 is 2.38 bits per heavy atom. The van der Waals surface area contributed by atoms with Gasteiger partial charge in [0.15, 0.2) is 0 Å². The molecule has 2 rings (SSSR count). The molecule has 0 aromatic rings. The van der Waals surface area contributed by atoms with E-state index in [0.717, 1.165) is 10.5 Å². The summed E-state index contributed by atoms with van der Waals surface area (Å²) in [7, 11) is 0. The summed E-state index contributed by atoms with van der Waals surface area (Å²) in [6.45, 7) is 4.58. The molecule has 0 nitrogen and oxygen atoms in total. The Morgan fingerprint density at radius 3 is 2.75 bits per heavy atom. The second-order valence-corrected chi connectivity index (χ2v) is 4.29. The van der Waals surface area contributed by atoms with Crippen LogP contribution in [0, 0.1) is 0 Å². The lowest BCUT2D eigenvalue weighted by Gasteiger charge is -1.98. The molecule has 1 fully saturated rings. The summed E-state index contributed by atoms with van der Waals surface area (Å²) in [6, 6.07) is 0. The summed E-state index contributed by atoms with van der Waals surface area (Å²) in [5.41, 5.74) is 3.43. The zero-order chi connectivity index (χ0) is 5.72. The van der Waals surface area contributed by atoms with E-state index in [0.29, 0.717) is 0 Å². The van der Waals surface area contributed by atoms with Gasteiger partial charge in [-0.25, -0.2) is 0 Å². The van der Waals surface area contributed by atoms with Crippen molar-refractivity contribution in [3.63, 3.8) is 0 Å². The zero-order valence-electron chi connectivity index (χ0n) is 5.27. The molecular formula is C7H10S. The normalized spacial score (nSPS) is 42.8. The van der Waals surface area contributed by atoms with Crippen LogP contribution in [0.2, 0.25) is 0 Å². The number of rotatable bonds is 0. The number of fused-ring (bicyclic) bond motifs is 1. The molecular weight excluding hydrogens is 116 g/mol. The molecule has 0 N–H and O–H groups in total. The molecule has 2 atom stereocenters. The van der Waals surface area contributed by atoms with Gasteiger partial charge in [-0.15, -0.1) is 11.8 Å². The molecule has 2 aliphatic rings. The molecule has 0 spiro atoms. The minimum absolute atomic E-state index is 0.907. The summed E-state index contributed by atoms with van der Waals surface area (Å²) in [5, 5.41) is 1.82. The van der Waals surface area contributed by atoms with Crippen LogP contribution in [0.1, 0.15) is 20.3 Å². The van der Waals surface area contributed by atoms with Crippen LogP contribution in [0.4, 0.5) is 0 Å².